The number of nitrogens with one attached hydrogen (secondary N) is 3. The minimum absolute atomic E-state index is 0.0603. The number of carbonyl (C=O) groups is 1. The molecule has 0 heterocycles. The van der Waals surface area contributed by atoms with Crippen molar-refractivity contribution in [2.75, 3.05) is 20.7 Å². The van der Waals surface area contributed by atoms with Crippen molar-refractivity contribution in [1.82, 2.24) is 16.0 Å². The number of rotatable bonds is 7. The Morgan fingerprint density at radius 2 is 1.65 bits per heavy atom. The van der Waals surface area contributed by atoms with Gasteiger partial charge in [0.2, 0.25) is 0 Å². The molecular weight excluding hydrogens is 328 g/mol. The standard InChI is InChI=1S/C20H26N4O2/c1-4-22-19(25)17-9-5-7-15(11-17)13-23-20(21-2)24-14-16-8-6-10-18(12-16)26-3/h5-12H,4,13-14H2,1-3H3,(H,22,25)(H2,21,23,24). The zero-order chi connectivity index (χ0) is 18.8. The van der Waals surface area contributed by atoms with E-state index in [1.165, 1.54) is 0 Å². The summed E-state index contributed by atoms with van der Waals surface area (Å²) < 4.78 is 5.23. The van der Waals surface area contributed by atoms with E-state index in [0.717, 1.165) is 16.9 Å². The number of nitrogens with zero attached hydrogens (tertiary/aromatic N) is 1. The molecule has 2 aromatic rings. The summed E-state index contributed by atoms with van der Waals surface area (Å²) in [6.45, 7) is 3.73. The Morgan fingerprint density at radius 3 is 2.27 bits per heavy atom. The minimum atomic E-state index is -0.0603. The second-order valence-corrected chi connectivity index (χ2v) is 5.69. The number of carbonyl (C=O) groups excluding carboxylic acids is 1. The number of guanidine groups is 1. The molecule has 0 aliphatic rings. The summed E-state index contributed by atoms with van der Waals surface area (Å²) in [7, 11) is 3.38. The van der Waals surface area contributed by atoms with Gasteiger partial charge in [-0.1, -0.05) is 24.3 Å². The van der Waals surface area contributed by atoms with Gasteiger partial charge in [0.05, 0.1) is 7.11 Å². The van der Waals surface area contributed by atoms with Gasteiger partial charge in [-0.3, -0.25) is 9.79 Å². The Bertz CT molecular complexity index is 759. The van der Waals surface area contributed by atoms with Gasteiger partial charge in [0.25, 0.3) is 5.91 Å². The van der Waals surface area contributed by atoms with Crippen molar-refractivity contribution < 1.29 is 9.53 Å². The summed E-state index contributed by atoms with van der Waals surface area (Å²) in [5.74, 6) is 1.46. The quantitative estimate of drug-likeness (QED) is 0.527. The third kappa shape index (κ3) is 5.81. The SMILES string of the molecule is CCNC(=O)c1cccc(CNC(=NC)NCc2cccc(OC)c2)c1. The Balaban J connectivity index is 1.90. The van der Waals surface area contributed by atoms with Crippen LogP contribution in [0.5, 0.6) is 5.75 Å². The van der Waals surface area contributed by atoms with Crippen molar-refractivity contribution >= 4 is 11.9 Å². The minimum Gasteiger partial charge on any atom is -0.497 e. The van der Waals surface area contributed by atoms with Crippen molar-refractivity contribution in [2.45, 2.75) is 20.0 Å². The van der Waals surface area contributed by atoms with E-state index in [9.17, 15) is 4.79 Å². The van der Waals surface area contributed by atoms with E-state index in [0.29, 0.717) is 31.2 Å². The molecule has 0 aromatic heterocycles. The topological polar surface area (TPSA) is 74.8 Å². The van der Waals surface area contributed by atoms with Gasteiger partial charge in [-0.2, -0.15) is 0 Å². The fourth-order valence-corrected chi connectivity index (χ4v) is 2.46. The monoisotopic (exact) mass is 354 g/mol. The average molecular weight is 354 g/mol. The van der Waals surface area contributed by atoms with E-state index in [2.05, 4.69) is 20.9 Å². The molecule has 0 unspecified atom stereocenters. The van der Waals surface area contributed by atoms with Crippen LogP contribution in [0.1, 0.15) is 28.4 Å². The Labute approximate surface area is 154 Å². The molecule has 0 bridgehead atoms. The smallest absolute Gasteiger partial charge is 0.251 e. The molecule has 6 nitrogen and oxygen atoms in total. The first-order valence-corrected chi connectivity index (χ1v) is 8.60. The van der Waals surface area contributed by atoms with Gasteiger partial charge >= 0.3 is 0 Å². The highest BCUT2D eigenvalue weighted by Gasteiger charge is 2.05. The lowest BCUT2D eigenvalue weighted by Crippen LogP contribution is -2.36. The molecule has 0 aliphatic carbocycles. The van der Waals surface area contributed by atoms with Gasteiger partial charge in [-0.25, -0.2) is 0 Å². The maximum Gasteiger partial charge on any atom is 0.251 e. The highest BCUT2D eigenvalue weighted by molar-refractivity contribution is 5.94. The van der Waals surface area contributed by atoms with Crippen LogP contribution < -0.4 is 20.7 Å². The molecule has 2 rings (SSSR count). The number of aliphatic imine (C=N–C) groups is 1. The van der Waals surface area contributed by atoms with Gasteiger partial charge in [0.1, 0.15) is 5.75 Å². The van der Waals surface area contributed by atoms with Crippen molar-refractivity contribution in [1.29, 1.82) is 0 Å². The number of ether oxygens (including phenoxy) is 1. The third-order valence-corrected chi connectivity index (χ3v) is 3.80. The van der Waals surface area contributed by atoms with E-state index < -0.39 is 0 Å². The largest absolute Gasteiger partial charge is 0.497 e. The van der Waals surface area contributed by atoms with Gasteiger partial charge in [-0.05, 0) is 42.3 Å². The average Bonchev–Trinajstić information content (AvgIpc) is 2.68. The predicted octanol–water partition coefficient (Wildman–Crippen LogP) is 2.31. The lowest BCUT2D eigenvalue weighted by Gasteiger charge is -2.13. The first-order chi connectivity index (χ1) is 12.7. The second-order valence-electron chi connectivity index (χ2n) is 5.69. The summed E-state index contributed by atoms with van der Waals surface area (Å²) in [5, 5.41) is 9.33. The lowest BCUT2D eigenvalue weighted by molar-refractivity contribution is 0.0955. The van der Waals surface area contributed by atoms with Crippen LogP contribution in [0.3, 0.4) is 0 Å². The molecule has 0 radical (unpaired) electrons. The van der Waals surface area contributed by atoms with Crippen LogP contribution in [0.25, 0.3) is 0 Å². The van der Waals surface area contributed by atoms with Crippen LogP contribution >= 0.6 is 0 Å². The number of hydrogen-bond acceptors (Lipinski definition) is 3. The van der Waals surface area contributed by atoms with Crippen LogP contribution in [0.2, 0.25) is 0 Å². The summed E-state index contributed by atoms with van der Waals surface area (Å²) >= 11 is 0. The molecule has 0 saturated heterocycles. The van der Waals surface area contributed by atoms with Crippen molar-refractivity contribution in [3.8, 4) is 5.75 Å². The number of hydrogen-bond donors (Lipinski definition) is 3. The zero-order valence-corrected chi connectivity index (χ0v) is 15.5. The molecule has 6 heteroatoms. The summed E-state index contributed by atoms with van der Waals surface area (Å²) in [6, 6.07) is 15.4. The van der Waals surface area contributed by atoms with E-state index in [1.807, 2.05) is 55.5 Å². The Kier molecular flexibility index (Phi) is 7.49. The van der Waals surface area contributed by atoms with Crippen molar-refractivity contribution in [3.63, 3.8) is 0 Å². The number of amides is 1. The molecule has 2 aromatic carbocycles. The molecule has 0 aliphatic heterocycles. The Morgan fingerprint density at radius 1 is 1.00 bits per heavy atom. The van der Waals surface area contributed by atoms with E-state index in [1.54, 1.807) is 14.2 Å². The second kappa shape index (κ2) is 10.1. The van der Waals surface area contributed by atoms with Crippen LogP contribution in [0.15, 0.2) is 53.5 Å². The fraction of sp³-hybridized carbons (Fsp3) is 0.300. The van der Waals surface area contributed by atoms with Gasteiger partial charge < -0.3 is 20.7 Å². The lowest BCUT2D eigenvalue weighted by atomic mass is 10.1. The fourth-order valence-electron chi connectivity index (χ4n) is 2.46. The predicted molar refractivity (Wildman–Crippen MR) is 104 cm³/mol. The normalized spacial score (nSPS) is 11.0. The molecule has 0 fully saturated rings. The maximum absolute atomic E-state index is 11.9. The molecule has 138 valence electrons. The molecule has 26 heavy (non-hydrogen) atoms. The molecular formula is C20H26N4O2. The molecule has 0 saturated carbocycles. The Hall–Kier alpha value is -3.02. The highest BCUT2D eigenvalue weighted by Crippen LogP contribution is 2.12. The van der Waals surface area contributed by atoms with Crippen LogP contribution in [-0.2, 0) is 13.1 Å². The van der Waals surface area contributed by atoms with Gasteiger partial charge in [0, 0.05) is 32.2 Å². The van der Waals surface area contributed by atoms with Crippen molar-refractivity contribution in [3.05, 3.63) is 65.2 Å². The zero-order valence-electron chi connectivity index (χ0n) is 15.5. The molecule has 3 N–H and O–H groups in total. The van der Waals surface area contributed by atoms with Crippen LogP contribution in [0, 0.1) is 0 Å². The highest BCUT2D eigenvalue weighted by atomic mass is 16.5. The summed E-state index contributed by atoms with van der Waals surface area (Å²) in [6.07, 6.45) is 0. The van der Waals surface area contributed by atoms with E-state index >= 15 is 0 Å². The summed E-state index contributed by atoms with van der Waals surface area (Å²) in [5.41, 5.74) is 2.77. The van der Waals surface area contributed by atoms with Gasteiger partial charge in [0.15, 0.2) is 5.96 Å². The van der Waals surface area contributed by atoms with Crippen LogP contribution in [-0.4, -0.2) is 32.6 Å². The first-order valence-electron chi connectivity index (χ1n) is 8.60. The molecule has 0 atom stereocenters. The molecule has 0 spiro atoms. The first kappa shape index (κ1) is 19.3. The summed E-state index contributed by atoms with van der Waals surface area (Å²) in [4.78, 5) is 16.2. The molecule has 1 amide bonds. The van der Waals surface area contributed by atoms with Crippen LogP contribution in [0.4, 0.5) is 0 Å². The van der Waals surface area contributed by atoms with E-state index in [-0.39, 0.29) is 5.91 Å². The number of benzene rings is 2. The van der Waals surface area contributed by atoms with Gasteiger partial charge in [-0.15, -0.1) is 0 Å². The maximum atomic E-state index is 11.9. The number of methoxy groups -OCH3 is 1. The van der Waals surface area contributed by atoms with E-state index in [4.69, 9.17) is 4.74 Å². The van der Waals surface area contributed by atoms with Crippen molar-refractivity contribution in [2.24, 2.45) is 4.99 Å². The third-order valence-electron chi connectivity index (χ3n) is 3.80.